The minimum Gasteiger partial charge on any atom is -0.314 e. The lowest BCUT2D eigenvalue weighted by molar-refractivity contribution is -0.0142. The van der Waals surface area contributed by atoms with E-state index >= 15 is 0 Å². The molecule has 0 atom stereocenters. The molecule has 0 bridgehead atoms. The molecule has 0 spiro atoms. The van der Waals surface area contributed by atoms with Gasteiger partial charge in [0.05, 0.1) is 0 Å². The number of nitrogens with one attached hydrogen (secondary N) is 1. The normalized spacial score (nSPS) is 36.5. The summed E-state index contributed by atoms with van der Waals surface area (Å²) in [7, 11) is 0. The summed E-state index contributed by atoms with van der Waals surface area (Å²) in [5.74, 6) is 1.03. The first-order valence-electron chi connectivity index (χ1n) is 8.05. The smallest absolute Gasteiger partial charge is 0.0351 e. The molecular formula is C15H29N3. The van der Waals surface area contributed by atoms with Crippen molar-refractivity contribution >= 4 is 0 Å². The Morgan fingerprint density at radius 3 is 2.17 bits per heavy atom. The van der Waals surface area contributed by atoms with Crippen LogP contribution in [0.4, 0.5) is 0 Å². The molecule has 2 saturated heterocycles. The molecule has 1 N–H and O–H groups in total. The van der Waals surface area contributed by atoms with E-state index in [1.54, 1.807) is 0 Å². The molecule has 3 nitrogen and oxygen atoms in total. The Balaban J connectivity index is 1.39. The van der Waals surface area contributed by atoms with Crippen molar-refractivity contribution in [2.45, 2.75) is 51.1 Å². The van der Waals surface area contributed by atoms with Crippen molar-refractivity contribution in [2.75, 3.05) is 39.3 Å². The summed E-state index contributed by atoms with van der Waals surface area (Å²) in [6.45, 7) is 9.97. The average Bonchev–Trinajstić information content (AvgIpc) is 2.39. The van der Waals surface area contributed by atoms with Crippen LogP contribution >= 0.6 is 0 Å². The fraction of sp³-hybridized carbons (Fsp3) is 1.00. The van der Waals surface area contributed by atoms with E-state index in [4.69, 9.17) is 0 Å². The fourth-order valence-corrected chi connectivity index (χ4v) is 3.98. The Morgan fingerprint density at radius 1 is 0.889 bits per heavy atom. The van der Waals surface area contributed by atoms with E-state index in [-0.39, 0.29) is 0 Å². The summed E-state index contributed by atoms with van der Waals surface area (Å²) in [5, 5.41) is 3.45. The molecule has 1 aliphatic carbocycles. The summed E-state index contributed by atoms with van der Waals surface area (Å²) in [6, 6.07) is 1.79. The topological polar surface area (TPSA) is 18.5 Å². The standard InChI is InChI=1S/C15H29N3/c1-2-13-3-5-14(6-4-13)18-11-15(12-18)17-9-7-16-8-10-17/h13-16H,2-12H2,1H3. The van der Waals surface area contributed by atoms with Gasteiger partial charge in [-0.2, -0.15) is 0 Å². The highest BCUT2D eigenvalue weighted by Crippen LogP contribution is 2.32. The van der Waals surface area contributed by atoms with Gasteiger partial charge in [0, 0.05) is 51.4 Å². The van der Waals surface area contributed by atoms with Crippen molar-refractivity contribution in [3.05, 3.63) is 0 Å². The van der Waals surface area contributed by atoms with Gasteiger partial charge in [0.25, 0.3) is 0 Å². The molecule has 104 valence electrons. The Labute approximate surface area is 112 Å². The van der Waals surface area contributed by atoms with Crippen LogP contribution in [0.2, 0.25) is 0 Å². The predicted molar refractivity (Wildman–Crippen MR) is 75.8 cm³/mol. The van der Waals surface area contributed by atoms with Crippen molar-refractivity contribution in [1.82, 2.24) is 15.1 Å². The molecule has 0 radical (unpaired) electrons. The van der Waals surface area contributed by atoms with Gasteiger partial charge in [0.15, 0.2) is 0 Å². The summed E-state index contributed by atoms with van der Waals surface area (Å²) >= 11 is 0. The fourth-order valence-electron chi connectivity index (χ4n) is 3.98. The lowest BCUT2D eigenvalue weighted by atomic mass is 9.82. The van der Waals surface area contributed by atoms with Gasteiger partial charge in [-0.25, -0.2) is 0 Å². The predicted octanol–water partition coefficient (Wildman–Crippen LogP) is 1.54. The van der Waals surface area contributed by atoms with Crippen LogP contribution in [0.1, 0.15) is 39.0 Å². The number of rotatable bonds is 3. The van der Waals surface area contributed by atoms with Crippen LogP contribution in [-0.2, 0) is 0 Å². The second-order valence-corrected chi connectivity index (χ2v) is 6.48. The van der Waals surface area contributed by atoms with E-state index in [0.717, 1.165) is 18.0 Å². The quantitative estimate of drug-likeness (QED) is 0.821. The molecule has 3 rings (SSSR count). The summed E-state index contributed by atoms with van der Waals surface area (Å²) in [4.78, 5) is 5.46. The second-order valence-electron chi connectivity index (χ2n) is 6.48. The van der Waals surface area contributed by atoms with Crippen LogP contribution in [0.15, 0.2) is 0 Å². The number of piperazine rings is 1. The maximum absolute atomic E-state index is 3.45. The molecule has 0 aromatic rings. The molecular weight excluding hydrogens is 222 g/mol. The monoisotopic (exact) mass is 251 g/mol. The van der Waals surface area contributed by atoms with Crippen molar-refractivity contribution < 1.29 is 0 Å². The minimum absolute atomic E-state index is 0.871. The maximum atomic E-state index is 3.45. The van der Waals surface area contributed by atoms with E-state index in [2.05, 4.69) is 22.0 Å². The Kier molecular flexibility index (Phi) is 4.22. The minimum atomic E-state index is 0.871. The number of nitrogens with zero attached hydrogens (tertiary/aromatic N) is 2. The largest absolute Gasteiger partial charge is 0.314 e. The van der Waals surface area contributed by atoms with E-state index in [0.29, 0.717) is 0 Å². The first-order valence-corrected chi connectivity index (χ1v) is 8.05. The maximum Gasteiger partial charge on any atom is 0.0351 e. The average molecular weight is 251 g/mol. The number of hydrogen-bond donors (Lipinski definition) is 1. The van der Waals surface area contributed by atoms with Gasteiger partial charge in [0.2, 0.25) is 0 Å². The van der Waals surface area contributed by atoms with Gasteiger partial charge in [-0.05, 0) is 31.6 Å². The molecule has 1 saturated carbocycles. The molecule has 0 aromatic heterocycles. The molecule has 0 unspecified atom stereocenters. The Hall–Kier alpha value is -0.120. The van der Waals surface area contributed by atoms with Gasteiger partial charge in [-0.15, -0.1) is 0 Å². The molecule has 18 heavy (non-hydrogen) atoms. The highest BCUT2D eigenvalue weighted by Gasteiger charge is 2.37. The zero-order valence-electron chi connectivity index (χ0n) is 11.9. The first kappa shape index (κ1) is 12.9. The van der Waals surface area contributed by atoms with Gasteiger partial charge in [-0.1, -0.05) is 13.3 Å². The lowest BCUT2D eigenvalue weighted by Gasteiger charge is -2.51. The number of hydrogen-bond acceptors (Lipinski definition) is 3. The van der Waals surface area contributed by atoms with Crippen molar-refractivity contribution in [1.29, 1.82) is 0 Å². The Bertz CT molecular complexity index is 248. The molecule has 0 aromatic carbocycles. The number of likely N-dealkylation sites (tertiary alicyclic amines) is 1. The molecule has 3 heteroatoms. The van der Waals surface area contributed by atoms with Crippen LogP contribution in [0.25, 0.3) is 0 Å². The van der Waals surface area contributed by atoms with Crippen molar-refractivity contribution in [3.63, 3.8) is 0 Å². The van der Waals surface area contributed by atoms with E-state index < -0.39 is 0 Å². The van der Waals surface area contributed by atoms with Crippen LogP contribution < -0.4 is 5.32 Å². The van der Waals surface area contributed by atoms with Crippen LogP contribution in [-0.4, -0.2) is 61.2 Å². The van der Waals surface area contributed by atoms with Gasteiger partial charge in [-0.3, -0.25) is 9.80 Å². The third kappa shape index (κ3) is 2.73. The molecule has 0 amide bonds. The third-order valence-corrected chi connectivity index (χ3v) is 5.47. The van der Waals surface area contributed by atoms with Gasteiger partial charge in [0.1, 0.15) is 0 Å². The van der Waals surface area contributed by atoms with Crippen LogP contribution in [0.5, 0.6) is 0 Å². The Morgan fingerprint density at radius 2 is 1.56 bits per heavy atom. The summed E-state index contributed by atoms with van der Waals surface area (Å²) in [5.41, 5.74) is 0. The highest BCUT2D eigenvalue weighted by molar-refractivity contribution is 4.94. The zero-order valence-corrected chi connectivity index (χ0v) is 11.9. The summed E-state index contributed by atoms with van der Waals surface area (Å²) < 4.78 is 0. The van der Waals surface area contributed by atoms with E-state index in [1.807, 2.05) is 0 Å². The van der Waals surface area contributed by atoms with Crippen molar-refractivity contribution in [2.24, 2.45) is 5.92 Å². The summed E-state index contributed by atoms with van der Waals surface area (Å²) in [6.07, 6.45) is 7.29. The highest BCUT2D eigenvalue weighted by atomic mass is 15.3. The lowest BCUT2D eigenvalue weighted by Crippen LogP contribution is -2.65. The molecule has 2 heterocycles. The third-order valence-electron chi connectivity index (χ3n) is 5.47. The van der Waals surface area contributed by atoms with Crippen LogP contribution in [0.3, 0.4) is 0 Å². The SMILES string of the molecule is CCC1CCC(N2CC(N3CCNCC3)C2)CC1. The molecule has 2 aliphatic heterocycles. The van der Waals surface area contributed by atoms with E-state index in [1.165, 1.54) is 71.4 Å². The van der Waals surface area contributed by atoms with E-state index in [9.17, 15) is 0 Å². The molecule has 3 aliphatic rings. The second kappa shape index (κ2) is 5.89. The zero-order chi connectivity index (χ0) is 12.4. The first-order chi connectivity index (χ1) is 8.86. The molecule has 3 fully saturated rings. The van der Waals surface area contributed by atoms with Crippen LogP contribution in [0, 0.1) is 5.92 Å². The van der Waals surface area contributed by atoms with Gasteiger partial charge < -0.3 is 5.32 Å². The van der Waals surface area contributed by atoms with Gasteiger partial charge >= 0.3 is 0 Å². The van der Waals surface area contributed by atoms with Crippen molar-refractivity contribution in [3.8, 4) is 0 Å².